The molecule has 0 saturated heterocycles. The second-order valence-electron chi connectivity index (χ2n) is 10.2. The molecule has 3 rings (SSSR count). The maximum Gasteiger partial charge on any atom is 0.245 e. The average molecular weight is 522 g/mol. The van der Waals surface area contributed by atoms with Crippen LogP contribution in [0.15, 0.2) is 72.8 Å². The number of ether oxygens (including phenoxy) is 1. The van der Waals surface area contributed by atoms with E-state index in [-0.39, 0.29) is 0 Å². The maximum atomic E-state index is 12.7. The van der Waals surface area contributed by atoms with Crippen LogP contribution in [0.2, 0.25) is 0 Å². The molecule has 0 aromatic heterocycles. The van der Waals surface area contributed by atoms with Gasteiger partial charge < -0.3 is 14.6 Å². The lowest BCUT2D eigenvalue weighted by Crippen LogP contribution is -2.16. The van der Waals surface area contributed by atoms with Gasteiger partial charge in [0.15, 0.2) is 0 Å². The quantitative estimate of drug-likeness (QED) is 0.152. The summed E-state index contributed by atoms with van der Waals surface area (Å²) in [5.74, 6) is 2.30. The normalized spacial score (nSPS) is 13.6. The third-order valence-corrected chi connectivity index (χ3v) is 8.64. The zero-order valence-electron chi connectivity index (χ0n) is 23.0. The first-order valence-corrected chi connectivity index (χ1v) is 15.9. The molecule has 2 atom stereocenters. The standard InChI is InChI=1S/C32H44NO3P/c1-5-28(24-30-15-14-26(2)27(3)23-30)11-9-21-35-31-18-16-29(17-19-31)25-33-20-10-22-37(4,34)36-32-12-7-6-8-13-32/h6-8,12-19,23,28,33H,5,9-11,20-22,24-25H2,1-4H3. The van der Waals surface area contributed by atoms with E-state index in [1.165, 1.54) is 35.1 Å². The minimum atomic E-state index is -2.63. The third kappa shape index (κ3) is 10.8. The Morgan fingerprint density at radius 1 is 0.865 bits per heavy atom. The van der Waals surface area contributed by atoms with E-state index < -0.39 is 7.37 Å². The van der Waals surface area contributed by atoms with Crippen LogP contribution in [0.3, 0.4) is 0 Å². The molecule has 0 fully saturated rings. The van der Waals surface area contributed by atoms with Gasteiger partial charge in [0.05, 0.1) is 6.61 Å². The molecule has 0 spiro atoms. The van der Waals surface area contributed by atoms with Gasteiger partial charge in [0.25, 0.3) is 0 Å². The fraction of sp³-hybridized carbons (Fsp3) is 0.438. The number of para-hydroxylation sites is 1. The molecular formula is C32H44NO3P. The summed E-state index contributed by atoms with van der Waals surface area (Å²) in [7, 11) is -2.63. The second-order valence-corrected chi connectivity index (χ2v) is 12.9. The molecule has 3 aromatic carbocycles. The molecule has 0 aliphatic heterocycles. The molecular weight excluding hydrogens is 477 g/mol. The number of aryl methyl sites for hydroxylation is 2. The molecule has 0 saturated carbocycles. The van der Waals surface area contributed by atoms with Crippen LogP contribution in [0.4, 0.5) is 0 Å². The fourth-order valence-electron chi connectivity index (χ4n) is 4.45. The summed E-state index contributed by atoms with van der Waals surface area (Å²) in [4.78, 5) is 0. The van der Waals surface area contributed by atoms with Crippen LogP contribution in [0, 0.1) is 19.8 Å². The molecule has 200 valence electrons. The van der Waals surface area contributed by atoms with Gasteiger partial charge in [-0.15, -0.1) is 0 Å². The van der Waals surface area contributed by atoms with E-state index in [1.54, 1.807) is 6.66 Å². The third-order valence-electron chi connectivity index (χ3n) is 6.91. The van der Waals surface area contributed by atoms with Gasteiger partial charge in [-0.05, 0) is 98.5 Å². The fourth-order valence-corrected chi connectivity index (χ4v) is 5.85. The first-order chi connectivity index (χ1) is 17.8. The van der Waals surface area contributed by atoms with Crippen molar-refractivity contribution in [3.05, 3.63) is 95.1 Å². The Bertz CT molecular complexity index is 1110. The number of hydrogen-bond acceptors (Lipinski definition) is 4. The van der Waals surface area contributed by atoms with Crippen molar-refractivity contribution in [2.24, 2.45) is 5.92 Å². The Kier molecular flexibility index (Phi) is 11.8. The monoisotopic (exact) mass is 521 g/mol. The molecule has 0 aliphatic carbocycles. The maximum absolute atomic E-state index is 12.7. The highest BCUT2D eigenvalue weighted by atomic mass is 31.2. The zero-order chi connectivity index (χ0) is 26.5. The SMILES string of the molecule is CCC(CCCOc1ccc(CNCCCP(C)(=O)Oc2ccccc2)cc1)Cc1ccc(C)c(C)c1. The van der Waals surface area contributed by atoms with Gasteiger partial charge in [-0.25, -0.2) is 0 Å². The van der Waals surface area contributed by atoms with Gasteiger partial charge in [0.2, 0.25) is 7.37 Å². The van der Waals surface area contributed by atoms with E-state index in [9.17, 15) is 4.57 Å². The molecule has 37 heavy (non-hydrogen) atoms. The number of nitrogens with one attached hydrogen (secondary N) is 1. The molecule has 1 N–H and O–H groups in total. The summed E-state index contributed by atoms with van der Waals surface area (Å²) >= 11 is 0. The van der Waals surface area contributed by atoms with E-state index in [1.807, 2.05) is 30.3 Å². The Labute approximate surface area is 224 Å². The molecule has 5 heteroatoms. The molecule has 0 heterocycles. The van der Waals surface area contributed by atoms with Gasteiger partial charge in [0, 0.05) is 19.4 Å². The van der Waals surface area contributed by atoms with E-state index >= 15 is 0 Å². The van der Waals surface area contributed by atoms with Gasteiger partial charge in [0.1, 0.15) is 11.5 Å². The molecule has 2 unspecified atom stereocenters. The first kappa shape index (κ1) is 29.0. The van der Waals surface area contributed by atoms with Gasteiger partial charge in [-0.3, -0.25) is 4.57 Å². The molecule has 0 radical (unpaired) electrons. The Hall–Kier alpha value is -2.55. The molecule has 0 aliphatic rings. The van der Waals surface area contributed by atoms with Crippen LogP contribution < -0.4 is 14.6 Å². The lowest BCUT2D eigenvalue weighted by atomic mass is 9.91. The topological polar surface area (TPSA) is 47.6 Å². The van der Waals surface area contributed by atoms with Crippen molar-refractivity contribution in [1.29, 1.82) is 0 Å². The van der Waals surface area contributed by atoms with Crippen LogP contribution >= 0.6 is 7.37 Å². The van der Waals surface area contributed by atoms with Crippen molar-refractivity contribution in [2.45, 2.75) is 59.4 Å². The average Bonchev–Trinajstić information content (AvgIpc) is 2.89. The summed E-state index contributed by atoms with van der Waals surface area (Å²) in [6.07, 6.45) is 5.98. The first-order valence-electron chi connectivity index (χ1n) is 13.6. The van der Waals surface area contributed by atoms with Crippen LogP contribution in [0.5, 0.6) is 11.5 Å². The summed E-state index contributed by atoms with van der Waals surface area (Å²) in [5, 5.41) is 3.44. The number of rotatable bonds is 16. The van der Waals surface area contributed by atoms with Crippen molar-refractivity contribution in [1.82, 2.24) is 5.32 Å². The minimum Gasteiger partial charge on any atom is -0.494 e. The van der Waals surface area contributed by atoms with E-state index in [2.05, 4.69) is 68.6 Å². The van der Waals surface area contributed by atoms with Gasteiger partial charge >= 0.3 is 0 Å². The van der Waals surface area contributed by atoms with Crippen LogP contribution in [0.25, 0.3) is 0 Å². The predicted molar refractivity (Wildman–Crippen MR) is 156 cm³/mol. The molecule has 0 amide bonds. The van der Waals surface area contributed by atoms with Crippen LogP contribution in [-0.4, -0.2) is 26.0 Å². The van der Waals surface area contributed by atoms with E-state index in [0.717, 1.165) is 44.7 Å². The highest BCUT2D eigenvalue weighted by Crippen LogP contribution is 2.43. The van der Waals surface area contributed by atoms with Crippen LogP contribution in [0.1, 0.15) is 54.9 Å². The van der Waals surface area contributed by atoms with Crippen molar-refractivity contribution < 1.29 is 13.8 Å². The number of hydrogen-bond donors (Lipinski definition) is 1. The smallest absolute Gasteiger partial charge is 0.245 e. The highest BCUT2D eigenvalue weighted by molar-refractivity contribution is 7.58. The summed E-state index contributed by atoms with van der Waals surface area (Å²) < 4.78 is 24.4. The lowest BCUT2D eigenvalue weighted by molar-refractivity contribution is 0.289. The predicted octanol–water partition coefficient (Wildman–Crippen LogP) is 8.20. The molecule has 4 nitrogen and oxygen atoms in total. The highest BCUT2D eigenvalue weighted by Gasteiger charge is 2.16. The van der Waals surface area contributed by atoms with Gasteiger partial charge in [-0.2, -0.15) is 0 Å². The summed E-state index contributed by atoms with van der Waals surface area (Å²) in [6.45, 7) is 10.7. The Morgan fingerprint density at radius 3 is 2.30 bits per heavy atom. The Morgan fingerprint density at radius 2 is 1.59 bits per heavy atom. The van der Waals surface area contributed by atoms with Crippen molar-refractivity contribution in [3.8, 4) is 11.5 Å². The largest absolute Gasteiger partial charge is 0.494 e. The van der Waals surface area contributed by atoms with Crippen molar-refractivity contribution in [3.63, 3.8) is 0 Å². The van der Waals surface area contributed by atoms with Gasteiger partial charge in [-0.1, -0.05) is 61.9 Å². The van der Waals surface area contributed by atoms with Crippen molar-refractivity contribution in [2.75, 3.05) is 26.0 Å². The van der Waals surface area contributed by atoms with E-state index in [4.69, 9.17) is 9.26 Å². The summed E-state index contributed by atoms with van der Waals surface area (Å²) in [6, 6.07) is 24.6. The molecule has 3 aromatic rings. The molecule has 0 bridgehead atoms. The minimum absolute atomic E-state index is 0.561. The zero-order valence-corrected chi connectivity index (χ0v) is 23.9. The Balaban J connectivity index is 1.29. The second kappa shape index (κ2) is 15.0. The van der Waals surface area contributed by atoms with E-state index in [0.29, 0.717) is 17.8 Å². The van der Waals surface area contributed by atoms with Crippen molar-refractivity contribution >= 4 is 7.37 Å². The number of benzene rings is 3. The lowest BCUT2D eigenvalue weighted by Gasteiger charge is -2.16. The van der Waals surface area contributed by atoms with Crippen LogP contribution in [-0.2, 0) is 17.5 Å². The summed E-state index contributed by atoms with van der Waals surface area (Å²) in [5.41, 5.74) is 5.41.